The fourth-order valence-electron chi connectivity index (χ4n) is 6.82. The first-order valence-electron chi connectivity index (χ1n) is 12.8. The Hall–Kier alpha value is -3.72. The maximum Gasteiger partial charge on any atom is 0.116 e. The van der Waals surface area contributed by atoms with Crippen molar-refractivity contribution in [2.45, 2.75) is 45.4 Å². The second-order valence-electron chi connectivity index (χ2n) is 11.3. The molecular formula is C32H27N3. The molecule has 1 aliphatic carbocycles. The molecule has 3 nitrogen and oxygen atoms in total. The smallest absolute Gasteiger partial charge is 0.116 e. The van der Waals surface area contributed by atoms with Crippen LogP contribution in [0.5, 0.6) is 0 Å². The molecule has 7 aromatic rings. The van der Waals surface area contributed by atoms with Crippen LogP contribution in [-0.4, -0.2) is 14.4 Å². The molecule has 1 fully saturated rings. The summed E-state index contributed by atoms with van der Waals surface area (Å²) in [7, 11) is 0. The number of fused-ring (bicyclic) bond motifs is 7. The van der Waals surface area contributed by atoms with Gasteiger partial charge in [0.2, 0.25) is 0 Å². The molecule has 1 aliphatic rings. The Labute approximate surface area is 203 Å². The summed E-state index contributed by atoms with van der Waals surface area (Å²) in [6.07, 6.45) is 6.80. The van der Waals surface area contributed by atoms with E-state index in [1.54, 1.807) is 6.33 Å². The lowest BCUT2D eigenvalue weighted by Crippen LogP contribution is -2.20. The monoisotopic (exact) mass is 453 g/mol. The Morgan fingerprint density at radius 3 is 2.34 bits per heavy atom. The molecule has 35 heavy (non-hydrogen) atoms. The fraction of sp³-hybridized carbons (Fsp3) is 0.250. The molecule has 1 saturated carbocycles. The van der Waals surface area contributed by atoms with Gasteiger partial charge in [0, 0.05) is 16.2 Å². The third-order valence-electron chi connectivity index (χ3n) is 8.71. The molecule has 8 rings (SSSR count). The predicted octanol–water partition coefficient (Wildman–Crippen LogP) is 8.62. The van der Waals surface area contributed by atoms with Crippen LogP contribution in [0, 0.1) is 5.41 Å². The molecule has 0 saturated heterocycles. The zero-order valence-electron chi connectivity index (χ0n) is 20.2. The van der Waals surface area contributed by atoms with Crippen molar-refractivity contribution in [3.8, 4) is 0 Å². The van der Waals surface area contributed by atoms with Crippen molar-refractivity contribution in [1.29, 1.82) is 0 Å². The summed E-state index contributed by atoms with van der Waals surface area (Å²) in [6.45, 7) is 4.84. The number of rotatable bonds is 1. The average molecular weight is 454 g/mol. The highest BCUT2D eigenvalue weighted by atomic mass is 14.9. The summed E-state index contributed by atoms with van der Waals surface area (Å²) in [6, 6.07) is 24.7. The van der Waals surface area contributed by atoms with Crippen LogP contribution in [0.3, 0.4) is 0 Å². The summed E-state index contributed by atoms with van der Waals surface area (Å²) in [5, 5.41) is 7.65. The first-order chi connectivity index (χ1) is 17.1. The fourth-order valence-corrected chi connectivity index (χ4v) is 6.82. The molecule has 0 spiro atoms. The van der Waals surface area contributed by atoms with Gasteiger partial charge in [-0.2, -0.15) is 0 Å². The number of aromatic nitrogens is 3. The van der Waals surface area contributed by atoms with E-state index in [0.717, 1.165) is 11.0 Å². The van der Waals surface area contributed by atoms with Crippen LogP contribution in [0.2, 0.25) is 0 Å². The number of hydrogen-bond donors (Lipinski definition) is 0. The molecule has 0 radical (unpaired) electrons. The Bertz CT molecular complexity index is 1930. The van der Waals surface area contributed by atoms with Crippen molar-refractivity contribution in [2.24, 2.45) is 5.41 Å². The number of benzene rings is 4. The van der Waals surface area contributed by atoms with E-state index in [1.807, 2.05) is 0 Å². The second-order valence-corrected chi connectivity index (χ2v) is 11.3. The highest BCUT2D eigenvalue weighted by Gasteiger charge is 2.31. The minimum absolute atomic E-state index is 0.446. The molecule has 3 heterocycles. The molecule has 170 valence electrons. The van der Waals surface area contributed by atoms with E-state index >= 15 is 0 Å². The van der Waals surface area contributed by atoms with Gasteiger partial charge in [-0.25, -0.2) is 9.97 Å². The van der Waals surface area contributed by atoms with Gasteiger partial charge in [0.1, 0.15) is 6.33 Å². The molecule has 0 amide bonds. The minimum Gasteiger partial charge on any atom is -0.308 e. The van der Waals surface area contributed by atoms with E-state index in [1.165, 1.54) is 80.1 Å². The van der Waals surface area contributed by atoms with Crippen molar-refractivity contribution >= 4 is 59.9 Å². The van der Waals surface area contributed by atoms with Gasteiger partial charge in [-0.15, -0.1) is 0 Å². The maximum absolute atomic E-state index is 4.88. The molecule has 4 aromatic carbocycles. The Morgan fingerprint density at radius 1 is 0.771 bits per heavy atom. The lowest BCUT2D eigenvalue weighted by Gasteiger charge is -2.35. The van der Waals surface area contributed by atoms with E-state index in [9.17, 15) is 0 Å². The van der Waals surface area contributed by atoms with Crippen LogP contribution >= 0.6 is 0 Å². The van der Waals surface area contributed by atoms with Gasteiger partial charge < -0.3 is 4.40 Å². The van der Waals surface area contributed by atoms with Gasteiger partial charge in [0.15, 0.2) is 0 Å². The van der Waals surface area contributed by atoms with E-state index in [-0.39, 0.29) is 0 Å². The number of pyridine rings is 1. The normalized spacial score (nSPS) is 17.1. The first kappa shape index (κ1) is 19.6. The van der Waals surface area contributed by atoms with E-state index in [4.69, 9.17) is 9.97 Å². The zero-order valence-corrected chi connectivity index (χ0v) is 20.2. The Kier molecular flexibility index (Phi) is 3.74. The van der Waals surface area contributed by atoms with Crippen LogP contribution in [0.4, 0.5) is 0 Å². The maximum atomic E-state index is 4.88. The van der Waals surface area contributed by atoms with Crippen molar-refractivity contribution in [3.05, 3.63) is 78.6 Å². The van der Waals surface area contributed by atoms with Crippen LogP contribution in [0.15, 0.2) is 73.1 Å². The zero-order chi connectivity index (χ0) is 23.3. The van der Waals surface area contributed by atoms with Gasteiger partial charge in [-0.1, -0.05) is 56.3 Å². The molecule has 0 bridgehead atoms. The summed E-state index contributed by atoms with van der Waals surface area (Å²) in [5.41, 5.74) is 7.86. The molecule has 3 aromatic heterocycles. The number of para-hydroxylation sites is 1. The standard InChI is InChI=1S/C32H27N3/c1-32(2)13-11-19(12-14-32)23-17-25-29-30(34-18-33-25)24-15-20-7-3-4-8-21(20)16-27(24)35-26-10-6-5-9-22(26)28(23)31(29)35/h3-10,15-19H,11-14H2,1-2H3. The third-order valence-corrected chi connectivity index (χ3v) is 8.71. The number of hydrogen-bond acceptors (Lipinski definition) is 2. The van der Waals surface area contributed by atoms with Crippen molar-refractivity contribution in [3.63, 3.8) is 0 Å². The van der Waals surface area contributed by atoms with Gasteiger partial charge >= 0.3 is 0 Å². The van der Waals surface area contributed by atoms with Crippen molar-refractivity contribution in [1.82, 2.24) is 14.4 Å². The molecular weight excluding hydrogens is 426 g/mol. The van der Waals surface area contributed by atoms with Crippen molar-refractivity contribution < 1.29 is 0 Å². The van der Waals surface area contributed by atoms with Crippen molar-refractivity contribution in [2.75, 3.05) is 0 Å². The van der Waals surface area contributed by atoms with Crippen LogP contribution in [0.25, 0.3) is 59.9 Å². The van der Waals surface area contributed by atoms with E-state index < -0.39 is 0 Å². The predicted molar refractivity (Wildman–Crippen MR) is 147 cm³/mol. The van der Waals surface area contributed by atoms with Gasteiger partial charge in [0.05, 0.1) is 33.0 Å². The quantitative estimate of drug-likeness (QED) is 0.184. The largest absolute Gasteiger partial charge is 0.308 e. The van der Waals surface area contributed by atoms with Gasteiger partial charge in [0.25, 0.3) is 0 Å². The summed E-state index contributed by atoms with van der Waals surface area (Å²) >= 11 is 0. The lowest BCUT2D eigenvalue weighted by atomic mass is 9.70. The highest BCUT2D eigenvalue weighted by Crippen LogP contribution is 2.48. The van der Waals surface area contributed by atoms with Gasteiger partial charge in [-0.05, 0) is 77.6 Å². The third kappa shape index (κ3) is 2.61. The average Bonchev–Trinajstić information content (AvgIpc) is 3.23. The minimum atomic E-state index is 0.446. The Balaban J connectivity index is 1.60. The van der Waals surface area contributed by atoms with Gasteiger partial charge in [-0.3, -0.25) is 0 Å². The second kappa shape index (κ2) is 6.69. The summed E-state index contributed by atoms with van der Waals surface area (Å²) in [4.78, 5) is 9.71. The van der Waals surface area contributed by atoms with E-state index in [2.05, 4.69) is 85.0 Å². The molecule has 0 aliphatic heterocycles. The topological polar surface area (TPSA) is 30.2 Å². The van der Waals surface area contributed by atoms with Crippen LogP contribution in [-0.2, 0) is 0 Å². The lowest BCUT2D eigenvalue weighted by molar-refractivity contribution is 0.225. The molecule has 0 atom stereocenters. The number of nitrogens with zero attached hydrogens (tertiary/aromatic N) is 3. The van der Waals surface area contributed by atoms with Crippen LogP contribution < -0.4 is 0 Å². The summed E-state index contributed by atoms with van der Waals surface area (Å²) in [5.74, 6) is 0.572. The molecule has 0 N–H and O–H groups in total. The molecule has 0 unspecified atom stereocenters. The van der Waals surface area contributed by atoms with Crippen LogP contribution in [0.1, 0.15) is 51.0 Å². The molecule has 3 heteroatoms. The first-order valence-corrected chi connectivity index (χ1v) is 12.8. The van der Waals surface area contributed by atoms with E-state index in [0.29, 0.717) is 11.3 Å². The Morgan fingerprint density at radius 2 is 1.51 bits per heavy atom. The highest BCUT2D eigenvalue weighted by molar-refractivity contribution is 6.28. The summed E-state index contributed by atoms with van der Waals surface area (Å²) < 4.78 is 2.50. The SMILES string of the molecule is CC1(C)CCC(c2cc3ncnc4c5cc6ccccc6cc5n5c6ccccc6c2c5c34)CC1.